The Labute approximate surface area is 133 Å². The molecule has 3 heteroatoms. The van der Waals surface area contributed by atoms with Crippen LogP contribution in [0.2, 0.25) is 0 Å². The highest BCUT2D eigenvalue weighted by Gasteiger charge is 2.29. The number of aryl methyl sites for hydroxylation is 1. The number of anilines is 1. The minimum atomic E-state index is 0.818. The zero-order chi connectivity index (χ0) is 15.1. The molecule has 3 nitrogen and oxygen atoms in total. The molecule has 1 fully saturated rings. The number of fused-ring (bicyclic) bond motifs is 3. The van der Waals surface area contributed by atoms with Crippen molar-refractivity contribution in [3.8, 4) is 0 Å². The molecular formula is C19H27N3. The molecule has 1 aromatic heterocycles. The molecule has 0 atom stereocenters. The standard InChI is InChI=1S/C19H27N3/c1-2-10-22-18-8-7-14(20)12-16(18)17-13-21(11-9-19(17)22)15-5-3-4-6-15/h7-8,12,15H,2-6,9-11,13,20H2,1H3. The highest BCUT2D eigenvalue weighted by atomic mass is 15.2. The second-order valence-corrected chi connectivity index (χ2v) is 7.01. The zero-order valence-corrected chi connectivity index (χ0v) is 13.6. The maximum atomic E-state index is 6.07. The first kappa shape index (κ1) is 14.1. The van der Waals surface area contributed by atoms with Crippen molar-refractivity contribution < 1.29 is 0 Å². The number of hydrogen-bond acceptors (Lipinski definition) is 2. The maximum Gasteiger partial charge on any atom is 0.0487 e. The summed E-state index contributed by atoms with van der Waals surface area (Å²) in [6.07, 6.45) is 8.00. The van der Waals surface area contributed by atoms with Crippen molar-refractivity contribution in [2.24, 2.45) is 0 Å². The largest absolute Gasteiger partial charge is 0.399 e. The Balaban J connectivity index is 1.77. The predicted molar refractivity (Wildman–Crippen MR) is 93.0 cm³/mol. The molecule has 2 aromatic rings. The summed E-state index contributed by atoms with van der Waals surface area (Å²) in [6, 6.07) is 7.28. The molecule has 2 aliphatic rings. The second kappa shape index (κ2) is 5.62. The van der Waals surface area contributed by atoms with Crippen LogP contribution in [-0.4, -0.2) is 22.1 Å². The number of rotatable bonds is 3. The van der Waals surface area contributed by atoms with Crippen molar-refractivity contribution >= 4 is 16.6 Å². The van der Waals surface area contributed by atoms with Gasteiger partial charge in [0.2, 0.25) is 0 Å². The van der Waals surface area contributed by atoms with Crippen LogP contribution < -0.4 is 5.73 Å². The smallest absolute Gasteiger partial charge is 0.0487 e. The third kappa shape index (κ3) is 2.23. The SMILES string of the molecule is CCCn1c2c(c3cc(N)ccc31)CN(C1CCCC1)CC2. The summed E-state index contributed by atoms with van der Waals surface area (Å²) in [5.74, 6) is 0. The number of aromatic nitrogens is 1. The van der Waals surface area contributed by atoms with Crippen LogP contribution in [-0.2, 0) is 19.5 Å². The Kier molecular flexibility index (Phi) is 3.61. The van der Waals surface area contributed by atoms with E-state index in [1.165, 1.54) is 56.0 Å². The van der Waals surface area contributed by atoms with Gasteiger partial charge < -0.3 is 10.3 Å². The number of benzene rings is 1. The van der Waals surface area contributed by atoms with Crippen molar-refractivity contribution in [1.29, 1.82) is 0 Å². The second-order valence-electron chi connectivity index (χ2n) is 7.01. The topological polar surface area (TPSA) is 34.2 Å². The quantitative estimate of drug-likeness (QED) is 0.871. The van der Waals surface area contributed by atoms with E-state index in [4.69, 9.17) is 5.73 Å². The van der Waals surface area contributed by atoms with Crippen molar-refractivity contribution in [2.45, 2.75) is 64.6 Å². The van der Waals surface area contributed by atoms with Gasteiger partial charge in [0, 0.05) is 54.4 Å². The lowest BCUT2D eigenvalue weighted by atomic mass is 10.0. The Hall–Kier alpha value is -1.48. The molecule has 1 aromatic carbocycles. The first-order chi connectivity index (χ1) is 10.8. The van der Waals surface area contributed by atoms with E-state index in [-0.39, 0.29) is 0 Å². The number of nitrogen functional groups attached to an aromatic ring is 1. The molecule has 1 aliphatic carbocycles. The number of nitrogens with zero attached hydrogens (tertiary/aromatic N) is 2. The molecule has 2 N–H and O–H groups in total. The molecule has 0 bridgehead atoms. The molecule has 4 rings (SSSR count). The summed E-state index contributed by atoms with van der Waals surface area (Å²) >= 11 is 0. The van der Waals surface area contributed by atoms with E-state index in [1.54, 1.807) is 11.3 Å². The van der Waals surface area contributed by atoms with Gasteiger partial charge in [-0.15, -0.1) is 0 Å². The minimum Gasteiger partial charge on any atom is -0.399 e. The first-order valence-corrected chi connectivity index (χ1v) is 8.91. The first-order valence-electron chi connectivity index (χ1n) is 8.91. The van der Waals surface area contributed by atoms with Crippen molar-refractivity contribution in [3.63, 3.8) is 0 Å². The summed E-state index contributed by atoms with van der Waals surface area (Å²) in [5, 5.41) is 1.39. The van der Waals surface area contributed by atoms with E-state index in [1.807, 2.05) is 0 Å². The third-order valence-corrected chi connectivity index (χ3v) is 5.60. The average Bonchev–Trinajstić information content (AvgIpc) is 3.15. The molecular weight excluding hydrogens is 270 g/mol. The Bertz CT molecular complexity index is 680. The van der Waals surface area contributed by atoms with Crippen molar-refractivity contribution in [3.05, 3.63) is 29.5 Å². The lowest BCUT2D eigenvalue weighted by Gasteiger charge is -2.33. The van der Waals surface area contributed by atoms with Gasteiger partial charge in [0.1, 0.15) is 0 Å². The molecule has 118 valence electrons. The van der Waals surface area contributed by atoms with Gasteiger partial charge in [0.05, 0.1) is 0 Å². The Morgan fingerprint density at radius 2 is 2.05 bits per heavy atom. The van der Waals surface area contributed by atoms with E-state index in [2.05, 4.69) is 34.6 Å². The van der Waals surface area contributed by atoms with Crippen LogP contribution in [0, 0.1) is 0 Å². The fourth-order valence-corrected chi connectivity index (χ4v) is 4.55. The summed E-state index contributed by atoms with van der Waals surface area (Å²) in [6.45, 7) is 5.74. The lowest BCUT2D eigenvalue weighted by molar-refractivity contribution is 0.180. The zero-order valence-electron chi connectivity index (χ0n) is 13.6. The third-order valence-electron chi connectivity index (χ3n) is 5.60. The molecule has 0 radical (unpaired) electrons. The molecule has 1 aliphatic heterocycles. The average molecular weight is 297 g/mol. The van der Waals surface area contributed by atoms with E-state index in [0.29, 0.717) is 0 Å². The fourth-order valence-electron chi connectivity index (χ4n) is 4.55. The highest BCUT2D eigenvalue weighted by molar-refractivity contribution is 5.88. The van der Waals surface area contributed by atoms with Crippen molar-refractivity contribution in [1.82, 2.24) is 9.47 Å². The van der Waals surface area contributed by atoms with Gasteiger partial charge in [-0.25, -0.2) is 0 Å². The number of nitrogens with two attached hydrogens (primary N) is 1. The summed E-state index contributed by atoms with van der Waals surface area (Å²) in [4.78, 5) is 2.73. The molecule has 0 amide bonds. The van der Waals surface area contributed by atoms with Gasteiger partial charge in [0.25, 0.3) is 0 Å². The fraction of sp³-hybridized carbons (Fsp3) is 0.579. The normalized spacial score (nSPS) is 19.9. The summed E-state index contributed by atoms with van der Waals surface area (Å²) in [7, 11) is 0. The predicted octanol–water partition coefficient (Wildman–Crippen LogP) is 3.93. The van der Waals surface area contributed by atoms with Crippen LogP contribution in [0.4, 0.5) is 5.69 Å². The van der Waals surface area contributed by atoms with Gasteiger partial charge in [0.15, 0.2) is 0 Å². The molecule has 0 saturated heterocycles. The lowest BCUT2D eigenvalue weighted by Crippen LogP contribution is -2.38. The van der Waals surface area contributed by atoms with Gasteiger partial charge in [-0.3, -0.25) is 4.90 Å². The monoisotopic (exact) mass is 297 g/mol. The van der Waals surface area contributed by atoms with Gasteiger partial charge in [-0.2, -0.15) is 0 Å². The molecule has 0 unspecified atom stereocenters. The van der Waals surface area contributed by atoms with Crippen LogP contribution >= 0.6 is 0 Å². The van der Waals surface area contributed by atoms with Gasteiger partial charge in [-0.05, 0) is 43.0 Å². The van der Waals surface area contributed by atoms with Crippen LogP contribution in [0.1, 0.15) is 50.3 Å². The van der Waals surface area contributed by atoms with Crippen LogP contribution in [0.5, 0.6) is 0 Å². The van der Waals surface area contributed by atoms with Crippen LogP contribution in [0.15, 0.2) is 18.2 Å². The van der Waals surface area contributed by atoms with Gasteiger partial charge in [-0.1, -0.05) is 19.8 Å². The highest BCUT2D eigenvalue weighted by Crippen LogP contribution is 2.35. The molecule has 22 heavy (non-hydrogen) atoms. The summed E-state index contributed by atoms with van der Waals surface area (Å²) < 4.78 is 2.55. The van der Waals surface area contributed by atoms with Crippen LogP contribution in [0.3, 0.4) is 0 Å². The summed E-state index contributed by atoms with van der Waals surface area (Å²) in [5.41, 5.74) is 11.5. The Morgan fingerprint density at radius 1 is 1.23 bits per heavy atom. The minimum absolute atomic E-state index is 0.818. The number of hydrogen-bond donors (Lipinski definition) is 1. The molecule has 2 heterocycles. The van der Waals surface area contributed by atoms with Crippen LogP contribution in [0.25, 0.3) is 10.9 Å². The van der Waals surface area contributed by atoms with Crippen molar-refractivity contribution in [2.75, 3.05) is 12.3 Å². The van der Waals surface area contributed by atoms with E-state index in [9.17, 15) is 0 Å². The van der Waals surface area contributed by atoms with E-state index >= 15 is 0 Å². The molecule has 0 spiro atoms. The molecule has 1 saturated carbocycles. The Morgan fingerprint density at radius 3 is 2.82 bits per heavy atom. The van der Waals surface area contributed by atoms with Gasteiger partial charge >= 0.3 is 0 Å². The maximum absolute atomic E-state index is 6.07. The van der Waals surface area contributed by atoms with E-state index < -0.39 is 0 Å². The van der Waals surface area contributed by atoms with E-state index in [0.717, 1.165) is 24.8 Å².